The van der Waals surface area contributed by atoms with Gasteiger partial charge in [-0.3, -0.25) is 9.36 Å². The molecule has 1 aliphatic heterocycles. The highest BCUT2D eigenvalue weighted by Gasteiger charge is 2.29. The molecule has 6 rings (SSSR count). The molecule has 1 aliphatic rings. The molecule has 0 bridgehead atoms. The van der Waals surface area contributed by atoms with Crippen LogP contribution in [0.4, 0.5) is 5.82 Å². The Morgan fingerprint density at radius 2 is 2.03 bits per heavy atom. The van der Waals surface area contributed by atoms with Crippen molar-refractivity contribution in [3.63, 3.8) is 0 Å². The van der Waals surface area contributed by atoms with Crippen LogP contribution in [0, 0.1) is 0 Å². The van der Waals surface area contributed by atoms with E-state index >= 15 is 0 Å². The number of nitrogens with zero attached hydrogens (tertiary/aromatic N) is 8. The molecule has 1 aromatic carbocycles. The molecule has 0 unspecified atom stereocenters. The highest BCUT2D eigenvalue weighted by molar-refractivity contribution is 6.31. The van der Waals surface area contributed by atoms with Gasteiger partial charge in [-0.1, -0.05) is 11.6 Å². The van der Waals surface area contributed by atoms with Gasteiger partial charge in [0.2, 0.25) is 0 Å². The second-order valence-electron chi connectivity index (χ2n) is 7.89. The fraction of sp³-hybridized carbons (Fsp3) is 0.136. The summed E-state index contributed by atoms with van der Waals surface area (Å²) in [6.07, 6.45) is 6.23. The maximum Gasteiger partial charge on any atom is 0.254 e. The minimum atomic E-state index is -0.238. The number of hydrogen-bond acceptors (Lipinski definition) is 8. The number of imidazole rings is 1. The van der Waals surface area contributed by atoms with Crippen LogP contribution in [0.1, 0.15) is 24.1 Å². The fourth-order valence-corrected chi connectivity index (χ4v) is 4.41. The van der Waals surface area contributed by atoms with Crippen LogP contribution in [-0.2, 0) is 6.42 Å². The van der Waals surface area contributed by atoms with Crippen molar-refractivity contribution in [2.45, 2.75) is 18.9 Å². The van der Waals surface area contributed by atoms with Gasteiger partial charge in [0.25, 0.3) is 5.56 Å². The van der Waals surface area contributed by atoms with E-state index < -0.39 is 0 Å². The zero-order chi connectivity index (χ0) is 23.2. The first-order valence-electron chi connectivity index (χ1n) is 10.5. The predicted octanol–water partition coefficient (Wildman–Crippen LogP) is 2.44. The third-order valence-corrected chi connectivity index (χ3v) is 6.05. The molecule has 5 aromatic rings. The Labute approximate surface area is 197 Å². The van der Waals surface area contributed by atoms with E-state index in [1.165, 1.54) is 17.1 Å². The lowest BCUT2D eigenvalue weighted by atomic mass is 10.1. The molecule has 0 saturated heterocycles. The number of tetrazole rings is 1. The summed E-state index contributed by atoms with van der Waals surface area (Å²) >= 11 is 6.25. The number of benzene rings is 1. The molecule has 1 atom stereocenters. The van der Waals surface area contributed by atoms with E-state index in [9.17, 15) is 4.79 Å². The molecule has 168 valence electrons. The van der Waals surface area contributed by atoms with Crippen molar-refractivity contribution >= 4 is 17.4 Å². The summed E-state index contributed by atoms with van der Waals surface area (Å²) in [6.45, 7) is 0. The predicted molar refractivity (Wildman–Crippen MR) is 124 cm³/mol. The van der Waals surface area contributed by atoms with E-state index in [1.807, 2.05) is 6.07 Å². The number of aryl methyl sites for hydroxylation is 1. The summed E-state index contributed by atoms with van der Waals surface area (Å²) in [4.78, 5) is 30.0. The minimum Gasteiger partial charge on any atom is -0.384 e. The number of fused-ring (bicyclic) bond motifs is 1. The zero-order valence-corrected chi connectivity index (χ0v) is 18.4. The second-order valence-corrected chi connectivity index (χ2v) is 8.33. The van der Waals surface area contributed by atoms with Crippen LogP contribution in [0.3, 0.4) is 0 Å². The van der Waals surface area contributed by atoms with Crippen molar-refractivity contribution in [1.29, 1.82) is 0 Å². The third-order valence-electron chi connectivity index (χ3n) is 5.82. The smallest absolute Gasteiger partial charge is 0.254 e. The molecule has 0 amide bonds. The van der Waals surface area contributed by atoms with Crippen LogP contribution < -0.4 is 11.3 Å². The lowest BCUT2D eigenvalue weighted by Crippen LogP contribution is -2.25. The molecule has 0 spiro atoms. The molecule has 12 heteroatoms. The number of aromatic amines is 1. The number of H-pyrrole nitrogens is 1. The Balaban J connectivity index is 1.39. The van der Waals surface area contributed by atoms with Gasteiger partial charge in [0.1, 0.15) is 23.8 Å². The van der Waals surface area contributed by atoms with Crippen molar-refractivity contribution in [3.8, 4) is 28.2 Å². The van der Waals surface area contributed by atoms with E-state index in [0.29, 0.717) is 52.3 Å². The highest BCUT2D eigenvalue weighted by Crippen LogP contribution is 2.32. The molecule has 0 saturated carbocycles. The molecule has 11 nitrogen and oxygen atoms in total. The zero-order valence-electron chi connectivity index (χ0n) is 17.6. The van der Waals surface area contributed by atoms with Gasteiger partial charge in [0.05, 0.1) is 29.3 Å². The van der Waals surface area contributed by atoms with Crippen LogP contribution in [-0.4, -0.2) is 44.7 Å². The number of pyridine rings is 1. The van der Waals surface area contributed by atoms with Crippen LogP contribution in [0.25, 0.3) is 28.2 Å². The normalized spacial score (nSPS) is 14.9. The monoisotopic (exact) mass is 472 g/mol. The summed E-state index contributed by atoms with van der Waals surface area (Å²) in [5, 5.41) is 11.9. The van der Waals surface area contributed by atoms with E-state index in [4.69, 9.17) is 22.3 Å². The topological polar surface area (TPSA) is 146 Å². The van der Waals surface area contributed by atoms with Crippen molar-refractivity contribution in [3.05, 3.63) is 82.1 Å². The third kappa shape index (κ3) is 3.42. The number of rotatable bonds is 4. The molecule has 3 N–H and O–H groups in total. The number of anilines is 1. The summed E-state index contributed by atoms with van der Waals surface area (Å²) in [6, 6.07) is 10.2. The van der Waals surface area contributed by atoms with E-state index in [-0.39, 0.29) is 11.6 Å². The molecular weight excluding hydrogens is 456 g/mol. The summed E-state index contributed by atoms with van der Waals surface area (Å²) in [5.74, 6) is 1.83. The number of hydrogen-bond donors (Lipinski definition) is 2. The second kappa shape index (κ2) is 7.89. The van der Waals surface area contributed by atoms with E-state index in [2.05, 4.69) is 30.5 Å². The summed E-state index contributed by atoms with van der Waals surface area (Å²) in [5.41, 5.74) is 9.03. The van der Waals surface area contributed by atoms with Gasteiger partial charge in [-0.05, 0) is 47.2 Å². The number of nitrogens with one attached hydrogen (secondary N) is 1. The molecule has 4 aromatic heterocycles. The highest BCUT2D eigenvalue weighted by atomic mass is 35.5. The molecule has 0 fully saturated rings. The van der Waals surface area contributed by atoms with Crippen molar-refractivity contribution < 1.29 is 0 Å². The Morgan fingerprint density at radius 3 is 2.82 bits per heavy atom. The van der Waals surface area contributed by atoms with Crippen molar-refractivity contribution in [1.82, 2.24) is 44.7 Å². The SMILES string of the molecule is Nc1ccc(-c2cnc([C@@H]3CCc4nc(-c5cc(Cl)ccc5-n5cnnn5)cc(=O)n43)[nH]2)cn1. The standard InChI is InChI=1S/C22H17ClN10O/c23-13-2-3-17(32-11-27-30-31-32)14(7-13)15-8-21(34)33-18(4-6-20(33)28-15)22-26-10-16(29-22)12-1-5-19(24)25-9-12/h1-3,5,7-11,18H,4,6H2,(H2,24,25)(H,26,29)/t18-/m0/s1. The maximum atomic E-state index is 13.3. The molecule has 5 heterocycles. The average Bonchev–Trinajstić information content (AvgIpc) is 3.60. The number of nitrogens with two attached hydrogens (primary N) is 1. The Morgan fingerprint density at radius 1 is 1.12 bits per heavy atom. The van der Waals surface area contributed by atoms with Gasteiger partial charge in [0.15, 0.2) is 0 Å². The van der Waals surface area contributed by atoms with Crippen molar-refractivity contribution in [2.75, 3.05) is 5.73 Å². The average molecular weight is 473 g/mol. The largest absolute Gasteiger partial charge is 0.384 e. The van der Waals surface area contributed by atoms with Gasteiger partial charge >= 0.3 is 0 Å². The van der Waals surface area contributed by atoms with Gasteiger partial charge in [-0.25, -0.2) is 15.0 Å². The van der Waals surface area contributed by atoms with Gasteiger partial charge in [-0.2, -0.15) is 4.68 Å². The van der Waals surface area contributed by atoms with Gasteiger partial charge in [0, 0.05) is 34.8 Å². The first-order valence-corrected chi connectivity index (χ1v) is 10.9. The molecule has 34 heavy (non-hydrogen) atoms. The molecule has 0 aliphatic carbocycles. The first-order chi connectivity index (χ1) is 16.6. The Kier molecular flexibility index (Phi) is 4.69. The Hall–Kier alpha value is -4.38. The fourth-order valence-electron chi connectivity index (χ4n) is 4.24. The van der Waals surface area contributed by atoms with Crippen LogP contribution in [0.2, 0.25) is 5.02 Å². The summed E-state index contributed by atoms with van der Waals surface area (Å²) in [7, 11) is 0. The van der Waals surface area contributed by atoms with Crippen LogP contribution >= 0.6 is 11.6 Å². The number of halogens is 1. The maximum absolute atomic E-state index is 13.3. The first kappa shape index (κ1) is 20.2. The quantitative estimate of drug-likeness (QED) is 0.405. The molecule has 0 radical (unpaired) electrons. The van der Waals surface area contributed by atoms with Crippen LogP contribution in [0.15, 0.2) is 59.9 Å². The van der Waals surface area contributed by atoms with Gasteiger partial charge in [-0.15, -0.1) is 5.10 Å². The summed E-state index contributed by atoms with van der Waals surface area (Å²) < 4.78 is 3.20. The van der Waals surface area contributed by atoms with E-state index in [0.717, 1.165) is 11.3 Å². The van der Waals surface area contributed by atoms with Gasteiger partial charge < -0.3 is 10.7 Å². The van der Waals surface area contributed by atoms with Crippen LogP contribution in [0.5, 0.6) is 0 Å². The minimum absolute atomic E-state index is 0.169. The molecular formula is C22H17ClN10O. The Bertz CT molecular complexity index is 1560. The van der Waals surface area contributed by atoms with Crippen molar-refractivity contribution in [2.24, 2.45) is 0 Å². The number of nitrogen functional groups attached to an aromatic ring is 1. The van der Waals surface area contributed by atoms with E-state index in [1.54, 1.807) is 41.2 Å². The lowest BCUT2D eigenvalue weighted by molar-refractivity contribution is 0.568. The number of aromatic nitrogens is 9. The lowest BCUT2D eigenvalue weighted by Gasteiger charge is -2.14.